The van der Waals surface area contributed by atoms with Crippen LogP contribution < -0.4 is 5.73 Å². The van der Waals surface area contributed by atoms with Gasteiger partial charge < -0.3 is 15.7 Å². The molecule has 0 bridgehead atoms. The summed E-state index contributed by atoms with van der Waals surface area (Å²) in [6.45, 7) is 1.96. The van der Waals surface area contributed by atoms with Crippen LogP contribution in [-0.2, 0) is 0 Å². The zero-order chi connectivity index (χ0) is 9.40. The number of nitrogens with zero attached hydrogens (tertiary/aromatic N) is 2. The van der Waals surface area contributed by atoms with E-state index in [-0.39, 0.29) is 5.96 Å². The molecule has 12 heavy (non-hydrogen) atoms. The molecule has 0 aliphatic carbocycles. The van der Waals surface area contributed by atoms with Crippen molar-refractivity contribution in [1.29, 1.82) is 10.7 Å². The molecule has 0 unspecified atom stereocenters. The summed E-state index contributed by atoms with van der Waals surface area (Å²) >= 11 is 0. The van der Waals surface area contributed by atoms with Gasteiger partial charge in [-0.05, 0) is 19.3 Å². The summed E-state index contributed by atoms with van der Waals surface area (Å²) in [5.41, 5.74) is 5.28. The quantitative estimate of drug-likeness (QED) is 0.275. The van der Waals surface area contributed by atoms with E-state index >= 15 is 0 Å². The smallest absolute Gasteiger partial charge is 0.283 e. The molecule has 0 radical (unpaired) electrons. The number of aliphatic hydroxyl groups excluding tert-OH is 1. The number of piperidine rings is 1. The predicted molar refractivity (Wildman–Crippen MR) is 44.9 cm³/mol. The number of guanidine groups is 1. The van der Waals surface area contributed by atoms with Gasteiger partial charge in [-0.2, -0.15) is 5.26 Å². The van der Waals surface area contributed by atoms with Crippen LogP contribution in [0.2, 0.25) is 0 Å². The van der Waals surface area contributed by atoms with Gasteiger partial charge in [0.05, 0.1) is 0 Å². The van der Waals surface area contributed by atoms with Gasteiger partial charge in [-0.25, -0.2) is 0 Å². The average Bonchev–Trinajstić information content (AvgIpc) is 2.07. The fourth-order valence-electron chi connectivity index (χ4n) is 1.13. The molecule has 0 aromatic carbocycles. The summed E-state index contributed by atoms with van der Waals surface area (Å²) in [5.74, 6) is 0.231. The normalized spacial score (nSPS) is 15.4. The molecule has 0 saturated carbocycles. The SMILES string of the molecule is N#CO.N=C(N)N1CCCCC1. The van der Waals surface area contributed by atoms with Gasteiger partial charge in [-0.1, -0.05) is 0 Å². The maximum Gasteiger partial charge on any atom is 0.283 e. The Bertz CT molecular complexity index is 169. The molecule has 0 spiro atoms. The molecular weight excluding hydrogens is 156 g/mol. The van der Waals surface area contributed by atoms with Gasteiger partial charge in [0.25, 0.3) is 6.26 Å². The highest BCUT2D eigenvalue weighted by Crippen LogP contribution is 2.06. The Kier molecular flexibility index (Phi) is 5.53. The van der Waals surface area contributed by atoms with E-state index in [4.69, 9.17) is 21.5 Å². The Morgan fingerprint density at radius 3 is 2.08 bits per heavy atom. The molecule has 1 aliphatic heterocycles. The van der Waals surface area contributed by atoms with Gasteiger partial charge >= 0.3 is 0 Å². The lowest BCUT2D eigenvalue weighted by molar-refractivity contribution is 0.337. The highest BCUT2D eigenvalue weighted by Gasteiger charge is 2.09. The number of likely N-dealkylation sites (tertiary alicyclic amines) is 1. The summed E-state index contributed by atoms with van der Waals surface area (Å²) in [6.07, 6.45) is 4.43. The van der Waals surface area contributed by atoms with Gasteiger partial charge in [0.15, 0.2) is 5.96 Å². The van der Waals surface area contributed by atoms with Crippen LogP contribution >= 0.6 is 0 Å². The van der Waals surface area contributed by atoms with E-state index in [0.717, 1.165) is 19.3 Å². The fraction of sp³-hybridized carbons (Fsp3) is 0.714. The summed E-state index contributed by atoms with van der Waals surface area (Å²) < 4.78 is 0. The second kappa shape index (κ2) is 6.28. The van der Waals surface area contributed by atoms with Gasteiger partial charge in [0.1, 0.15) is 0 Å². The first-order valence-electron chi connectivity index (χ1n) is 3.84. The van der Waals surface area contributed by atoms with Crippen molar-refractivity contribution in [3.63, 3.8) is 0 Å². The van der Waals surface area contributed by atoms with Gasteiger partial charge in [0, 0.05) is 13.1 Å². The van der Waals surface area contributed by atoms with Crippen molar-refractivity contribution in [1.82, 2.24) is 4.90 Å². The van der Waals surface area contributed by atoms with Crippen LogP contribution in [0.4, 0.5) is 0 Å². The second-order valence-corrected chi connectivity index (χ2v) is 2.53. The number of hydrogen-bond acceptors (Lipinski definition) is 3. The third kappa shape index (κ3) is 4.39. The van der Waals surface area contributed by atoms with E-state index in [1.807, 2.05) is 4.90 Å². The molecule has 1 heterocycles. The largest absolute Gasteiger partial charge is 0.443 e. The summed E-state index contributed by atoms with van der Waals surface area (Å²) in [7, 11) is 0. The number of rotatable bonds is 0. The first kappa shape index (κ1) is 10.6. The van der Waals surface area contributed by atoms with Crippen molar-refractivity contribution in [2.45, 2.75) is 19.3 Å². The Balaban J connectivity index is 0.000000354. The molecule has 0 aromatic heterocycles. The van der Waals surface area contributed by atoms with Crippen LogP contribution in [-0.4, -0.2) is 29.1 Å². The number of nitrogens with one attached hydrogen (secondary N) is 1. The van der Waals surface area contributed by atoms with Crippen molar-refractivity contribution < 1.29 is 5.11 Å². The Labute approximate surface area is 71.9 Å². The van der Waals surface area contributed by atoms with Crippen molar-refractivity contribution in [2.75, 3.05) is 13.1 Å². The third-order valence-corrected chi connectivity index (χ3v) is 1.70. The molecule has 1 rings (SSSR count). The van der Waals surface area contributed by atoms with Crippen LogP contribution in [0.5, 0.6) is 0 Å². The maximum absolute atomic E-state index is 7.09. The van der Waals surface area contributed by atoms with Gasteiger partial charge in [0.2, 0.25) is 0 Å². The number of aliphatic hydroxyl groups is 1. The van der Waals surface area contributed by atoms with E-state index in [1.54, 1.807) is 0 Å². The van der Waals surface area contributed by atoms with Gasteiger partial charge in [-0.15, -0.1) is 0 Å². The van der Waals surface area contributed by atoms with Gasteiger partial charge in [-0.3, -0.25) is 5.41 Å². The zero-order valence-corrected chi connectivity index (χ0v) is 6.95. The van der Waals surface area contributed by atoms with Crippen molar-refractivity contribution in [3.8, 4) is 6.26 Å². The summed E-state index contributed by atoms with van der Waals surface area (Å²) in [5, 5.41) is 20.8. The molecule has 0 aromatic rings. The summed E-state index contributed by atoms with van der Waals surface area (Å²) in [6, 6.07) is 0. The second-order valence-electron chi connectivity index (χ2n) is 2.53. The minimum Gasteiger partial charge on any atom is -0.443 e. The van der Waals surface area contributed by atoms with Crippen molar-refractivity contribution >= 4 is 5.96 Å². The highest BCUT2D eigenvalue weighted by molar-refractivity contribution is 5.74. The first-order valence-corrected chi connectivity index (χ1v) is 3.84. The van der Waals surface area contributed by atoms with Crippen LogP contribution in [0.15, 0.2) is 0 Å². The molecular formula is C7H14N4O. The lowest BCUT2D eigenvalue weighted by atomic mass is 10.1. The van der Waals surface area contributed by atoms with Crippen molar-refractivity contribution in [3.05, 3.63) is 0 Å². The van der Waals surface area contributed by atoms with E-state index in [0.29, 0.717) is 0 Å². The topological polar surface area (TPSA) is 97.1 Å². The molecule has 5 heteroatoms. The first-order chi connectivity index (χ1) is 5.72. The average molecular weight is 170 g/mol. The van der Waals surface area contributed by atoms with Crippen molar-refractivity contribution in [2.24, 2.45) is 5.73 Å². The molecule has 1 saturated heterocycles. The van der Waals surface area contributed by atoms with Crippen LogP contribution in [0, 0.1) is 16.9 Å². The number of nitrogens with two attached hydrogens (primary N) is 1. The minimum atomic E-state index is 0.231. The zero-order valence-electron chi connectivity index (χ0n) is 6.95. The molecule has 5 nitrogen and oxygen atoms in total. The third-order valence-electron chi connectivity index (χ3n) is 1.70. The Morgan fingerprint density at radius 1 is 1.42 bits per heavy atom. The lowest BCUT2D eigenvalue weighted by Crippen LogP contribution is -2.39. The minimum absolute atomic E-state index is 0.231. The maximum atomic E-state index is 7.09. The van der Waals surface area contributed by atoms with E-state index in [9.17, 15) is 0 Å². The molecule has 1 fully saturated rings. The standard InChI is InChI=1S/C6H13N3.CHNO/c7-6(8)9-4-2-1-3-5-9;2-1-3/h1-5H2,(H3,7,8);3H. The van der Waals surface area contributed by atoms with Crippen LogP contribution in [0.25, 0.3) is 0 Å². The predicted octanol–water partition coefficient (Wildman–Crippen LogP) is 0.206. The fourth-order valence-corrected chi connectivity index (χ4v) is 1.13. The molecule has 4 N–H and O–H groups in total. The monoisotopic (exact) mass is 170 g/mol. The van der Waals surface area contributed by atoms with Crippen LogP contribution in [0.1, 0.15) is 19.3 Å². The lowest BCUT2D eigenvalue weighted by Gasteiger charge is -2.26. The molecule has 68 valence electrons. The van der Waals surface area contributed by atoms with E-state index in [2.05, 4.69) is 0 Å². The number of nitriles is 1. The van der Waals surface area contributed by atoms with Crippen LogP contribution in [0.3, 0.4) is 0 Å². The Hall–Kier alpha value is -1.44. The molecule has 1 aliphatic rings. The highest BCUT2D eigenvalue weighted by atomic mass is 16.2. The summed E-state index contributed by atoms with van der Waals surface area (Å²) in [4.78, 5) is 1.92. The molecule has 0 amide bonds. The number of hydrogen-bond donors (Lipinski definition) is 3. The van der Waals surface area contributed by atoms with E-state index < -0.39 is 0 Å². The van der Waals surface area contributed by atoms with E-state index in [1.165, 1.54) is 19.3 Å². The Morgan fingerprint density at radius 2 is 1.83 bits per heavy atom. The molecule has 0 atom stereocenters.